The van der Waals surface area contributed by atoms with Crippen molar-refractivity contribution in [1.82, 2.24) is 0 Å². The molecular formula is C16H18N2O. The fourth-order valence-corrected chi connectivity index (χ4v) is 1.98. The number of nitrogens with one attached hydrogen (secondary N) is 1. The van der Waals surface area contributed by atoms with Crippen molar-refractivity contribution >= 4 is 17.3 Å². The quantitative estimate of drug-likeness (QED) is 0.806. The van der Waals surface area contributed by atoms with Gasteiger partial charge in [-0.25, -0.2) is 0 Å². The van der Waals surface area contributed by atoms with Gasteiger partial charge in [0.1, 0.15) is 0 Å². The Kier molecular flexibility index (Phi) is 3.56. The first-order valence-corrected chi connectivity index (χ1v) is 6.23. The Morgan fingerprint density at radius 2 is 1.68 bits per heavy atom. The Labute approximate surface area is 113 Å². The first-order valence-electron chi connectivity index (χ1n) is 6.23. The zero-order valence-corrected chi connectivity index (χ0v) is 11.4. The van der Waals surface area contributed by atoms with Crippen molar-refractivity contribution < 1.29 is 4.79 Å². The maximum absolute atomic E-state index is 12.3. The molecule has 0 aromatic heterocycles. The Morgan fingerprint density at radius 1 is 1.00 bits per heavy atom. The van der Waals surface area contributed by atoms with Gasteiger partial charge in [0, 0.05) is 16.9 Å². The molecule has 0 unspecified atom stereocenters. The Hall–Kier alpha value is -2.29. The van der Waals surface area contributed by atoms with E-state index in [9.17, 15) is 4.79 Å². The molecule has 1 amide bonds. The molecule has 0 aliphatic carbocycles. The van der Waals surface area contributed by atoms with Crippen LogP contribution < -0.4 is 11.1 Å². The summed E-state index contributed by atoms with van der Waals surface area (Å²) >= 11 is 0. The fraction of sp³-hybridized carbons (Fsp3) is 0.188. The van der Waals surface area contributed by atoms with Gasteiger partial charge in [-0.1, -0.05) is 18.2 Å². The molecule has 0 heterocycles. The summed E-state index contributed by atoms with van der Waals surface area (Å²) in [4.78, 5) is 12.3. The van der Waals surface area contributed by atoms with Crippen LogP contribution in [0.2, 0.25) is 0 Å². The molecule has 2 aromatic carbocycles. The number of nitrogen functional groups attached to an aromatic ring is 1. The molecule has 0 radical (unpaired) electrons. The standard InChI is InChI=1S/C16H18N2O/c1-10-6-4-7-13(11(10)2)16(19)18-15-9-5-8-14(17)12(15)3/h4-9H,17H2,1-3H3,(H,18,19). The monoisotopic (exact) mass is 254 g/mol. The third-order valence-electron chi connectivity index (χ3n) is 3.47. The van der Waals surface area contributed by atoms with Crippen LogP contribution in [-0.4, -0.2) is 5.91 Å². The molecule has 0 spiro atoms. The molecule has 2 rings (SSSR count). The van der Waals surface area contributed by atoms with Crippen molar-refractivity contribution in [2.24, 2.45) is 0 Å². The largest absolute Gasteiger partial charge is 0.398 e. The highest BCUT2D eigenvalue weighted by Crippen LogP contribution is 2.22. The van der Waals surface area contributed by atoms with Crippen LogP contribution in [0.3, 0.4) is 0 Å². The van der Waals surface area contributed by atoms with E-state index >= 15 is 0 Å². The molecule has 0 saturated heterocycles. The van der Waals surface area contributed by atoms with Gasteiger partial charge in [-0.2, -0.15) is 0 Å². The second-order valence-corrected chi connectivity index (χ2v) is 4.72. The van der Waals surface area contributed by atoms with Crippen LogP contribution >= 0.6 is 0 Å². The van der Waals surface area contributed by atoms with Crippen LogP contribution in [0.25, 0.3) is 0 Å². The van der Waals surface area contributed by atoms with Crippen molar-refractivity contribution in [3.05, 3.63) is 58.7 Å². The summed E-state index contributed by atoms with van der Waals surface area (Å²) in [7, 11) is 0. The van der Waals surface area contributed by atoms with Crippen molar-refractivity contribution in [1.29, 1.82) is 0 Å². The van der Waals surface area contributed by atoms with Gasteiger partial charge in [0.25, 0.3) is 5.91 Å². The predicted octanol–water partition coefficient (Wildman–Crippen LogP) is 3.45. The van der Waals surface area contributed by atoms with Gasteiger partial charge >= 0.3 is 0 Å². The number of carbonyl (C=O) groups is 1. The molecule has 0 saturated carbocycles. The summed E-state index contributed by atoms with van der Waals surface area (Å²) in [5.41, 5.74) is 11.0. The minimum atomic E-state index is -0.102. The van der Waals surface area contributed by atoms with Crippen molar-refractivity contribution in [3.8, 4) is 0 Å². The Bertz CT molecular complexity index is 633. The summed E-state index contributed by atoms with van der Waals surface area (Å²) in [6.45, 7) is 5.85. The number of carbonyl (C=O) groups excluding carboxylic acids is 1. The molecule has 3 N–H and O–H groups in total. The molecule has 0 aliphatic heterocycles. The van der Waals surface area contributed by atoms with Crippen LogP contribution in [0.1, 0.15) is 27.0 Å². The van der Waals surface area contributed by atoms with Gasteiger partial charge in [-0.15, -0.1) is 0 Å². The molecule has 19 heavy (non-hydrogen) atoms. The fourth-order valence-electron chi connectivity index (χ4n) is 1.98. The van der Waals surface area contributed by atoms with E-state index in [-0.39, 0.29) is 5.91 Å². The van der Waals surface area contributed by atoms with Crippen LogP contribution in [0.5, 0.6) is 0 Å². The van der Waals surface area contributed by atoms with Gasteiger partial charge in [0.2, 0.25) is 0 Å². The van der Waals surface area contributed by atoms with Gasteiger partial charge in [0.15, 0.2) is 0 Å². The van der Waals surface area contributed by atoms with E-state index < -0.39 is 0 Å². The van der Waals surface area contributed by atoms with Crippen molar-refractivity contribution in [2.45, 2.75) is 20.8 Å². The Balaban J connectivity index is 2.31. The number of rotatable bonds is 2. The summed E-state index contributed by atoms with van der Waals surface area (Å²) in [6.07, 6.45) is 0. The first-order chi connectivity index (χ1) is 9.00. The molecule has 0 bridgehead atoms. The van der Waals surface area contributed by atoms with E-state index in [0.29, 0.717) is 11.3 Å². The average Bonchev–Trinajstić information content (AvgIpc) is 2.38. The number of hydrogen-bond acceptors (Lipinski definition) is 2. The highest BCUT2D eigenvalue weighted by molar-refractivity contribution is 6.06. The smallest absolute Gasteiger partial charge is 0.255 e. The molecule has 3 nitrogen and oxygen atoms in total. The van der Waals surface area contributed by atoms with Crippen molar-refractivity contribution in [3.63, 3.8) is 0 Å². The van der Waals surface area contributed by atoms with Crippen LogP contribution in [0.15, 0.2) is 36.4 Å². The number of anilines is 2. The average molecular weight is 254 g/mol. The zero-order valence-electron chi connectivity index (χ0n) is 11.4. The van der Waals surface area contributed by atoms with E-state index in [2.05, 4.69) is 5.32 Å². The van der Waals surface area contributed by atoms with E-state index in [0.717, 1.165) is 22.4 Å². The minimum absolute atomic E-state index is 0.102. The highest BCUT2D eigenvalue weighted by atomic mass is 16.1. The lowest BCUT2D eigenvalue weighted by Crippen LogP contribution is -2.15. The van der Waals surface area contributed by atoms with Crippen molar-refractivity contribution in [2.75, 3.05) is 11.1 Å². The molecule has 2 aromatic rings. The maximum atomic E-state index is 12.3. The van der Waals surface area contributed by atoms with E-state index in [1.807, 2.05) is 57.2 Å². The molecular weight excluding hydrogens is 236 g/mol. The van der Waals surface area contributed by atoms with Crippen LogP contribution in [0.4, 0.5) is 11.4 Å². The Morgan fingerprint density at radius 3 is 2.42 bits per heavy atom. The predicted molar refractivity (Wildman–Crippen MR) is 79.5 cm³/mol. The normalized spacial score (nSPS) is 10.3. The van der Waals surface area contributed by atoms with E-state index in [4.69, 9.17) is 5.73 Å². The SMILES string of the molecule is Cc1cccc(C(=O)Nc2cccc(N)c2C)c1C. The van der Waals surface area contributed by atoms with Gasteiger partial charge in [-0.3, -0.25) is 4.79 Å². The third kappa shape index (κ3) is 2.60. The third-order valence-corrected chi connectivity index (χ3v) is 3.47. The molecule has 0 fully saturated rings. The lowest BCUT2D eigenvalue weighted by atomic mass is 10.0. The second-order valence-electron chi connectivity index (χ2n) is 4.72. The number of amides is 1. The molecule has 0 aliphatic rings. The maximum Gasteiger partial charge on any atom is 0.255 e. The van der Waals surface area contributed by atoms with E-state index in [1.54, 1.807) is 0 Å². The van der Waals surface area contributed by atoms with Gasteiger partial charge in [-0.05, 0) is 55.7 Å². The number of aryl methyl sites for hydroxylation is 1. The van der Waals surface area contributed by atoms with Gasteiger partial charge in [0.05, 0.1) is 0 Å². The number of nitrogens with two attached hydrogens (primary N) is 1. The lowest BCUT2D eigenvalue weighted by molar-refractivity contribution is 0.102. The van der Waals surface area contributed by atoms with Gasteiger partial charge < -0.3 is 11.1 Å². The molecule has 3 heteroatoms. The molecule has 98 valence electrons. The lowest BCUT2D eigenvalue weighted by Gasteiger charge is -2.12. The summed E-state index contributed by atoms with van der Waals surface area (Å²) < 4.78 is 0. The van der Waals surface area contributed by atoms with Crippen LogP contribution in [-0.2, 0) is 0 Å². The highest BCUT2D eigenvalue weighted by Gasteiger charge is 2.11. The molecule has 0 atom stereocenters. The number of hydrogen-bond donors (Lipinski definition) is 2. The first kappa shape index (κ1) is 13.1. The second kappa shape index (κ2) is 5.14. The summed E-state index contributed by atoms with van der Waals surface area (Å²) in [5.74, 6) is -0.102. The minimum Gasteiger partial charge on any atom is -0.398 e. The van der Waals surface area contributed by atoms with Crippen LogP contribution in [0, 0.1) is 20.8 Å². The summed E-state index contributed by atoms with van der Waals surface area (Å²) in [5, 5.41) is 2.92. The van der Waals surface area contributed by atoms with E-state index in [1.165, 1.54) is 0 Å². The topological polar surface area (TPSA) is 55.1 Å². The zero-order chi connectivity index (χ0) is 14.0. The summed E-state index contributed by atoms with van der Waals surface area (Å²) in [6, 6.07) is 11.2. The number of benzene rings is 2.